The molecule has 108 valence electrons. The van der Waals surface area contributed by atoms with Crippen LogP contribution >= 0.6 is 0 Å². The lowest BCUT2D eigenvalue weighted by Gasteiger charge is -2.20. The molecule has 1 amide bonds. The van der Waals surface area contributed by atoms with Crippen molar-refractivity contribution in [3.63, 3.8) is 0 Å². The highest BCUT2D eigenvalue weighted by molar-refractivity contribution is 5.98. The number of hydrogen-bond donors (Lipinski definition) is 0. The second kappa shape index (κ2) is 4.69. The third-order valence-corrected chi connectivity index (χ3v) is 4.72. The van der Waals surface area contributed by atoms with E-state index in [4.69, 9.17) is 0 Å². The van der Waals surface area contributed by atoms with E-state index in [1.807, 2.05) is 41.4 Å². The standard InChI is InChI=1S/C16H16FN3O/c17-8-12-13-9-19(10-14(12)13)16(21)11-4-1-2-5-15(11)20-7-3-6-18-20/h1-7,12-14H,8-10H2/t12?,13-,14+. The molecule has 0 spiro atoms. The average Bonchev–Trinajstić information content (AvgIpc) is 2.96. The van der Waals surface area contributed by atoms with E-state index in [1.165, 1.54) is 0 Å². The van der Waals surface area contributed by atoms with Crippen LogP contribution in [0.2, 0.25) is 0 Å². The summed E-state index contributed by atoms with van der Waals surface area (Å²) in [7, 11) is 0. The van der Waals surface area contributed by atoms with Crippen LogP contribution in [-0.4, -0.2) is 40.4 Å². The number of hydrogen-bond acceptors (Lipinski definition) is 2. The molecule has 5 heteroatoms. The molecule has 4 rings (SSSR count). The molecule has 3 atom stereocenters. The zero-order chi connectivity index (χ0) is 14.4. The molecule has 1 aliphatic heterocycles. The van der Waals surface area contributed by atoms with Crippen molar-refractivity contribution in [2.45, 2.75) is 0 Å². The summed E-state index contributed by atoms with van der Waals surface area (Å²) < 4.78 is 14.4. The number of para-hydroxylation sites is 1. The number of alkyl halides is 1. The van der Waals surface area contributed by atoms with Gasteiger partial charge < -0.3 is 4.90 Å². The van der Waals surface area contributed by atoms with Gasteiger partial charge in [0, 0.05) is 25.5 Å². The average molecular weight is 285 g/mol. The number of piperidine rings is 1. The Kier molecular flexibility index (Phi) is 2.80. The molecular weight excluding hydrogens is 269 g/mol. The minimum Gasteiger partial charge on any atom is -0.338 e. The van der Waals surface area contributed by atoms with Gasteiger partial charge in [0.25, 0.3) is 5.91 Å². The van der Waals surface area contributed by atoms with Gasteiger partial charge in [-0.25, -0.2) is 4.68 Å². The lowest BCUT2D eigenvalue weighted by molar-refractivity contribution is 0.0765. The Morgan fingerprint density at radius 1 is 1.24 bits per heavy atom. The van der Waals surface area contributed by atoms with Gasteiger partial charge in [0.1, 0.15) is 0 Å². The molecule has 2 aromatic rings. The molecule has 1 unspecified atom stereocenters. The van der Waals surface area contributed by atoms with Crippen molar-refractivity contribution in [3.05, 3.63) is 48.3 Å². The lowest BCUT2D eigenvalue weighted by atomic mass is 10.1. The van der Waals surface area contributed by atoms with E-state index in [0.717, 1.165) is 5.69 Å². The molecule has 1 saturated carbocycles. The molecule has 1 aromatic carbocycles. The van der Waals surface area contributed by atoms with Gasteiger partial charge in [0.2, 0.25) is 0 Å². The molecule has 4 nitrogen and oxygen atoms in total. The number of fused-ring (bicyclic) bond motifs is 1. The quantitative estimate of drug-likeness (QED) is 0.866. The van der Waals surface area contributed by atoms with Crippen LogP contribution < -0.4 is 0 Å². The monoisotopic (exact) mass is 285 g/mol. The van der Waals surface area contributed by atoms with E-state index < -0.39 is 0 Å². The Balaban J connectivity index is 1.59. The smallest absolute Gasteiger partial charge is 0.256 e. The molecule has 21 heavy (non-hydrogen) atoms. The normalized spacial score (nSPS) is 26.7. The number of likely N-dealkylation sites (tertiary alicyclic amines) is 1. The second-order valence-electron chi connectivity index (χ2n) is 5.82. The van der Waals surface area contributed by atoms with E-state index in [-0.39, 0.29) is 18.5 Å². The molecule has 2 heterocycles. The number of halogens is 1. The SMILES string of the molecule is O=C(c1ccccc1-n1cccn1)N1C[C@@H]2C(CF)[C@@H]2C1. The van der Waals surface area contributed by atoms with Crippen LogP contribution in [0.1, 0.15) is 10.4 Å². The first-order valence-corrected chi connectivity index (χ1v) is 7.24. The molecule has 0 N–H and O–H groups in total. The number of benzene rings is 1. The third kappa shape index (κ3) is 1.95. The topological polar surface area (TPSA) is 38.1 Å². The first-order chi connectivity index (χ1) is 10.3. The maximum atomic E-state index is 12.7. The first kappa shape index (κ1) is 12.6. The van der Waals surface area contributed by atoms with E-state index in [2.05, 4.69) is 5.10 Å². The van der Waals surface area contributed by atoms with Gasteiger partial charge in [-0.2, -0.15) is 5.10 Å². The summed E-state index contributed by atoms with van der Waals surface area (Å²) >= 11 is 0. The lowest BCUT2D eigenvalue weighted by Crippen LogP contribution is -2.32. The molecule has 1 saturated heterocycles. The number of aromatic nitrogens is 2. The zero-order valence-electron chi connectivity index (χ0n) is 11.5. The van der Waals surface area contributed by atoms with Gasteiger partial charge >= 0.3 is 0 Å². The fourth-order valence-corrected chi connectivity index (χ4v) is 3.48. The van der Waals surface area contributed by atoms with Crippen molar-refractivity contribution in [3.8, 4) is 5.69 Å². The fraction of sp³-hybridized carbons (Fsp3) is 0.375. The molecule has 0 bridgehead atoms. The Bertz CT molecular complexity index is 658. The van der Waals surface area contributed by atoms with Gasteiger partial charge in [0.05, 0.1) is 17.9 Å². The van der Waals surface area contributed by atoms with Crippen molar-refractivity contribution >= 4 is 5.91 Å². The number of amides is 1. The van der Waals surface area contributed by atoms with Crippen LogP contribution in [0.4, 0.5) is 4.39 Å². The van der Waals surface area contributed by atoms with Crippen molar-refractivity contribution in [2.75, 3.05) is 19.8 Å². The van der Waals surface area contributed by atoms with E-state index in [9.17, 15) is 9.18 Å². The Labute approximate surface area is 122 Å². The van der Waals surface area contributed by atoms with Crippen molar-refractivity contribution in [1.29, 1.82) is 0 Å². The molecule has 2 aliphatic rings. The zero-order valence-corrected chi connectivity index (χ0v) is 11.5. The van der Waals surface area contributed by atoms with Gasteiger partial charge in [-0.15, -0.1) is 0 Å². The predicted octanol–water partition coefficient (Wildman–Crippen LogP) is 2.16. The van der Waals surface area contributed by atoms with Crippen molar-refractivity contribution in [2.24, 2.45) is 17.8 Å². The maximum absolute atomic E-state index is 12.7. The highest BCUT2D eigenvalue weighted by Crippen LogP contribution is 2.52. The van der Waals surface area contributed by atoms with Crippen LogP contribution in [-0.2, 0) is 0 Å². The largest absolute Gasteiger partial charge is 0.338 e. The first-order valence-electron chi connectivity index (χ1n) is 7.24. The fourth-order valence-electron chi connectivity index (χ4n) is 3.48. The molecule has 1 aromatic heterocycles. The number of nitrogens with zero attached hydrogens (tertiary/aromatic N) is 3. The maximum Gasteiger partial charge on any atom is 0.256 e. The van der Waals surface area contributed by atoms with E-state index in [1.54, 1.807) is 10.9 Å². The Morgan fingerprint density at radius 2 is 2.00 bits per heavy atom. The van der Waals surface area contributed by atoms with Crippen LogP contribution in [0.25, 0.3) is 5.69 Å². The number of carbonyl (C=O) groups excluding carboxylic acids is 1. The molecule has 0 radical (unpaired) electrons. The van der Waals surface area contributed by atoms with Crippen LogP contribution in [0.15, 0.2) is 42.7 Å². The summed E-state index contributed by atoms with van der Waals surface area (Å²) in [5, 5.41) is 4.20. The Morgan fingerprint density at radius 3 is 2.67 bits per heavy atom. The molecule has 1 aliphatic carbocycles. The third-order valence-electron chi connectivity index (χ3n) is 4.72. The van der Waals surface area contributed by atoms with Crippen molar-refractivity contribution < 1.29 is 9.18 Å². The van der Waals surface area contributed by atoms with E-state index >= 15 is 0 Å². The van der Waals surface area contributed by atoms with Gasteiger partial charge in [0.15, 0.2) is 0 Å². The summed E-state index contributed by atoms with van der Waals surface area (Å²) in [6.45, 7) is 1.12. The van der Waals surface area contributed by atoms with Gasteiger partial charge in [-0.3, -0.25) is 9.18 Å². The minimum atomic E-state index is -0.249. The Hall–Kier alpha value is -2.17. The second-order valence-corrected chi connectivity index (χ2v) is 5.82. The van der Waals surface area contributed by atoms with Crippen LogP contribution in [0.3, 0.4) is 0 Å². The summed E-state index contributed by atoms with van der Waals surface area (Å²) in [6, 6.07) is 9.31. The van der Waals surface area contributed by atoms with Crippen molar-refractivity contribution in [1.82, 2.24) is 14.7 Å². The molecular formula is C16H16FN3O. The minimum absolute atomic E-state index is 0.0194. The van der Waals surface area contributed by atoms with Crippen LogP contribution in [0, 0.1) is 17.8 Å². The predicted molar refractivity (Wildman–Crippen MR) is 75.9 cm³/mol. The van der Waals surface area contributed by atoms with Gasteiger partial charge in [-0.05, 0) is 36.0 Å². The van der Waals surface area contributed by atoms with E-state index in [0.29, 0.717) is 30.5 Å². The summed E-state index contributed by atoms with van der Waals surface area (Å²) in [5.41, 5.74) is 1.44. The summed E-state index contributed by atoms with van der Waals surface area (Å²) in [6.07, 6.45) is 3.52. The van der Waals surface area contributed by atoms with Gasteiger partial charge in [-0.1, -0.05) is 12.1 Å². The number of carbonyl (C=O) groups is 1. The highest BCUT2D eigenvalue weighted by Gasteiger charge is 2.56. The summed E-state index contributed by atoms with van der Waals surface area (Å²) in [5.74, 6) is 0.952. The summed E-state index contributed by atoms with van der Waals surface area (Å²) in [4.78, 5) is 14.6. The van der Waals surface area contributed by atoms with Crippen LogP contribution in [0.5, 0.6) is 0 Å². The molecule has 2 fully saturated rings. The number of rotatable bonds is 3. The highest BCUT2D eigenvalue weighted by atomic mass is 19.1.